The molecule has 3 aromatic carbocycles. The third kappa shape index (κ3) is 3.08. The van der Waals surface area contributed by atoms with E-state index in [1.807, 2.05) is 12.1 Å². The van der Waals surface area contributed by atoms with Crippen molar-refractivity contribution in [1.82, 2.24) is 0 Å². The second-order valence-electron chi connectivity index (χ2n) is 5.72. The van der Waals surface area contributed by atoms with E-state index in [0.29, 0.717) is 27.5 Å². The molecule has 0 amide bonds. The monoisotopic (exact) mass is 353 g/mol. The largest absolute Gasteiger partial charge is 0.496 e. The highest BCUT2D eigenvalue weighted by Crippen LogP contribution is 2.61. The predicted octanol–water partition coefficient (Wildman–Crippen LogP) is 4.70. The maximum atomic E-state index is 16.5. The van der Waals surface area contributed by atoms with E-state index in [-0.39, 0.29) is 0 Å². The molecule has 3 rings (SSSR count). The van der Waals surface area contributed by atoms with E-state index >= 15 is 4.20 Å². The first-order valence-electron chi connectivity index (χ1n) is 7.97. The lowest BCUT2D eigenvalue weighted by atomic mass is 10.1. The number of hydrogen-bond acceptors (Lipinski definition) is 2. The number of ether oxygens (including phenoxy) is 1. The van der Waals surface area contributed by atoms with Crippen molar-refractivity contribution in [3.63, 3.8) is 0 Å². The lowest BCUT2D eigenvalue weighted by molar-refractivity contribution is 0.107. The molecule has 25 heavy (non-hydrogen) atoms. The Balaban J connectivity index is 2.25. The van der Waals surface area contributed by atoms with Gasteiger partial charge in [0.1, 0.15) is 21.9 Å². The van der Waals surface area contributed by atoms with Crippen LogP contribution in [0, 0.1) is 6.92 Å². The van der Waals surface area contributed by atoms with Crippen LogP contribution in [0.25, 0.3) is 0 Å². The number of carbonyl (C=O) groups excluding carboxylic acids is 1. The van der Waals surface area contributed by atoms with Gasteiger partial charge in [-0.05, 0) is 47.0 Å². The summed E-state index contributed by atoms with van der Waals surface area (Å²) in [4.78, 5) is 13.5. The third-order valence-corrected chi connectivity index (χ3v) is 6.97. The van der Waals surface area contributed by atoms with Gasteiger partial charge in [-0.15, -0.1) is 0 Å². The number of methoxy groups -OCH3 is 1. The highest BCUT2D eigenvalue weighted by Gasteiger charge is 2.55. The molecule has 0 aliphatic rings. The van der Waals surface area contributed by atoms with Gasteiger partial charge < -0.3 is 4.74 Å². The van der Waals surface area contributed by atoms with Crippen molar-refractivity contribution in [3.8, 4) is 5.75 Å². The first-order valence-corrected chi connectivity index (χ1v) is 9.65. The van der Waals surface area contributed by atoms with Crippen molar-refractivity contribution < 1.29 is 13.7 Å². The standard InChI is InChI=1S/C21H19FO2P/c1-16-10-9-15-19(24-2)20(16)21(23)25(22,17-11-5-3-6-12-17)18-13-7-4-8-14-18/h3-15H,1-2H3/q+1. The van der Waals surface area contributed by atoms with Gasteiger partial charge >= 0.3 is 13.1 Å². The molecule has 2 nitrogen and oxygen atoms in total. The molecule has 0 saturated heterocycles. The molecule has 0 unspecified atom stereocenters. The van der Waals surface area contributed by atoms with Crippen LogP contribution in [0.3, 0.4) is 0 Å². The molecule has 0 atom stereocenters. The second-order valence-corrected chi connectivity index (χ2v) is 8.33. The maximum Gasteiger partial charge on any atom is 0.347 e. The molecular formula is C21H19FO2P+. The van der Waals surface area contributed by atoms with Crippen molar-refractivity contribution >= 4 is 23.7 Å². The summed E-state index contributed by atoms with van der Waals surface area (Å²) in [5.41, 5.74) is 0.506. The van der Waals surface area contributed by atoms with Gasteiger partial charge in [-0.25, -0.2) is 4.79 Å². The molecule has 0 aliphatic carbocycles. The Morgan fingerprint density at radius 2 is 1.36 bits per heavy atom. The van der Waals surface area contributed by atoms with E-state index in [1.54, 1.807) is 73.7 Å². The average molecular weight is 353 g/mol. The van der Waals surface area contributed by atoms with E-state index in [4.69, 9.17) is 4.74 Å². The number of halogens is 1. The van der Waals surface area contributed by atoms with E-state index < -0.39 is 13.1 Å². The van der Waals surface area contributed by atoms with Crippen LogP contribution in [0.15, 0.2) is 78.9 Å². The van der Waals surface area contributed by atoms with Crippen molar-refractivity contribution in [2.45, 2.75) is 6.92 Å². The van der Waals surface area contributed by atoms with Crippen LogP contribution in [-0.4, -0.2) is 12.6 Å². The van der Waals surface area contributed by atoms with Crippen LogP contribution in [0.4, 0.5) is 4.20 Å². The summed E-state index contributed by atoms with van der Waals surface area (Å²) in [7, 11) is -2.28. The van der Waals surface area contributed by atoms with Crippen LogP contribution in [-0.2, 0) is 0 Å². The summed E-state index contributed by atoms with van der Waals surface area (Å²) in [6.45, 7) is 1.80. The fourth-order valence-corrected chi connectivity index (χ4v) is 5.42. The lowest BCUT2D eigenvalue weighted by Crippen LogP contribution is -2.26. The number of aryl methyl sites for hydroxylation is 1. The Morgan fingerprint density at radius 1 is 0.840 bits per heavy atom. The summed E-state index contributed by atoms with van der Waals surface area (Å²) in [5, 5.41) is 0.827. The fraction of sp³-hybridized carbons (Fsp3) is 0.0952. The summed E-state index contributed by atoms with van der Waals surface area (Å²) in [6.07, 6.45) is 0. The van der Waals surface area contributed by atoms with Crippen molar-refractivity contribution in [2.24, 2.45) is 0 Å². The molecule has 4 heteroatoms. The van der Waals surface area contributed by atoms with E-state index in [0.717, 1.165) is 0 Å². The van der Waals surface area contributed by atoms with Crippen molar-refractivity contribution in [1.29, 1.82) is 0 Å². The Bertz CT molecular complexity index is 839. The molecule has 0 spiro atoms. The lowest BCUT2D eigenvalue weighted by Gasteiger charge is -2.17. The van der Waals surface area contributed by atoms with Gasteiger partial charge in [-0.3, -0.25) is 0 Å². The quantitative estimate of drug-likeness (QED) is 0.622. The van der Waals surface area contributed by atoms with Crippen molar-refractivity contribution in [3.05, 3.63) is 90.0 Å². The number of rotatable bonds is 5. The SMILES string of the molecule is COc1cccc(C)c1C(=O)[P+](F)(c1ccccc1)c1ccccc1. The minimum Gasteiger partial charge on any atom is -0.496 e. The van der Waals surface area contributed by atoms with Crippen LogP contribution < -0.4 is 15.3 Å². The van der Waals surface area contributed by atoms with Crippen LogP contribution in [0.5, 0.6) is 5.75 Å². The van der Waals surface area contributed by atoms with Gasteiger partial charge in [0.15, 0.2) is 0 Å². The molecule has 0 saturated carbocycles. The van der Waals surface area contributed by atoms with Gasteiger partial charge in [0.05, 0.1) is 7.11 Å². The van der Waals surface area contributed by atoms with Crippen LogP contribution in [0.2, 0.25) is 0 Å². The van der Waals surface area contributed by atoms with E-state index in [1.165, 1.54) is 7.11 Å². The minimum absolute atomic E-state index is 0.313. The Kier molecular flexibility index (Phi) is 4.96. The Morgan fingerprint density at radius 3 is 1.84 bits per heavy atom. The maximum absolute atomic E-state index is 16.5. The Hall–Kier alpha value is -2.51. The third-order valence-electron chi connectivity index (χ3n) is 4.17. The summed E-state index contributed by atoms with van der Waals surface area (Å²) < 4.78 is 21.9. The first-order chi connectivity index (χ1) is 12.1. The second kappa shape index (κ2) is 7.16. The topological polar surface area (TPSA) is 26.3 Å². The van der Waals surface area contributed by atoms with Crippen molar-refractivity contribution in [2.75, 3.05) is 7.11 Å². The van der Waals surface area contributed by atoms with Gasteiger partial charge in [0.2, 0.25) is 0 Å². The summed E-state index contributed by atoms with van der Waals surface area (Å²) in [5.74, 6) is 0.402. The summed E-state index contributed by atoms with van der Waals surface area (Å²) in [6, 6.07) is 22.7. The molecule has 0 heterocycles. The molecule has 0 N–H and O–H groups in total. The van der Waals surface area contributed by atoms with Gasteiger partial charge in [-0.1, -0.05) is 48.5 Å². The zero-order valence-corrected chi connectivity index (χ0v) is 15.0. The van der Waals surface area contributed by atoms with Crippen LogP contribution >= 0.6 is 7.57 Å². The highest BCUT2D eigenvalue weighted by atomic mass is 31.2. The number of hydrogen-bond donors (Lipinski definition) is 0. The zero-order valence-electron chi connectivity index (χ0n) is 14.1. The van der Waals surface area contributed by atoms with E-state index in [2.05, 4.69) is 0 Å². The van der Waals surface area contributed by atoms with E-state index in [9.17, 15) is 4.79 Å². The highest BCUT2D eigenvalue weighted by molar-refractivity contribution is 7.99. The molecule has 3 aromatic rings. The minimum atomic E-state index is -3.77. The van der Waals surface area contributed by atoms with Gasteiger partial charge in [0, 0.05) is 0 Å². The fourth-order valence-electron chi connectivity index (χ4n) is 2.89. The Labute approximate surface area is 147 Å². The van der Waals surface area contributed by atoms with Gasteiger partial charge in [0.25, 0.3) is 0 Å². The molecular weight excluding hydrogens is 334 g/mol. The predicted molar refractivity (Wildman–Crippen MR) is 102 cm³/mol. The molecule has 0 bridgehead atoms. The first kappa shape index (κ1) is 17.3. The normalized spacial score (nSPS) is 11.2. The van der Waals surface area contributed by atoms with Crippen LogP contribution in [0.1, 0.15) is 15.9 Å². The molecule has 0 radical (unpaired) electrons. The molecule has 0 aromatic heterocycles. The molecule has 0 fully saturated rings. The smallest absolute Gasteiger partial charge is 0.347 e. The molecule has 0 aliphatic heterocycles. The average Bonchev–Trinajstić information content (AvgIpc) is 2.68. The number of benzene rings is 3. The summed E-state index contributed by atoms with van der Waals surface area (Å²) >= 11 is 0. The molecule has 126 valence electrons. The zero-order chi connectivity index (χ0) is 17.9. The number of carbonyl (C=O) groups is 1. The van der Waals surface area contributed by atoms with Gasteiger partial charge in [-0.2, -0.15) is 0 Å².